The minimum absolute atomic E-state index is 0.0317. The molecule has 1 aromatic carbocycles. The van der Waals surface area contributed by atoms with Crippen LogP contribution in [0.1, 0.15) is 31.1 Å². The molecular formula is C20H15ClF2N4O2. The molecule has 0 spiro atoms. The number of hydrogen-bond acceptors (Lipinski definition) is 4. The monoisotopic (exact) mass is 416 g/mol. The molecule has 4 aromatic rings. The molecule has 0 saturated heterocycles. The highest BCUT2D eigenvalue weighted by atomic mass is 35.5. The topological polar surface area (TPSA) is 61.4 Å². The fourth-order valence-corrected chi connectivity index (χ4v) is 3.34. The predicted octanol–water partition coefficient (Wildman–Crippen LogP) is 5.05. The van der Waals surface area contributed by atoms with Crippen LogP contribution >= 0.6 is 11.6 Å². The molecule has 0 aliphatic rings. The summed E-state index contributed by atoms with van der Waals surface area (Å²) in [4.78, 5) is 20.6. The summed E-state index contributed by atoms with van der Waals surface area (Å²) in [5.74, 6) is -0.747. The number of halogens is 3. The predicted molar refractivity (Wildman–Crippen MR) is 105 cm³/mol. The zero-order chi connectivity index (χ0) is 20.5. The molecule has 4 rings (SSSR count). The van der Waals surface area contributed by atoms with Gasteiger partial charge in [0.25, 0.3) is 0 Å². The van der Waals surface area contributed by atoms with E-state index >= 15 is 0 Å². The number of esters is 1. The van der Waals surface area contributed by atoms with Crippen LogP contribution < -0.4 is 0 Å². The Morgan fingerprint density at radius 1 is 1.17 bits per heavy atom. The number of ether oxygens (including phenoxy) is 1. The molecule has 0 N–H and O–H groups in total. The van der Waals surface area contributed by atoms with Gasteiger partial charge in [0.15, 0.2) is 17.1 Å². The number of fused-ring (bicyclic) bond motifs is 2. The molecule has 0 aliphatic heterocycles. The molecule has 3 heterocycles. The first-order valence-electron chi connectivity index (χ1n) is 8.72. The van der Waals surface area contributed by atoms with E-state index in [1.54, 1.807) is 47.0 Å². The van der Waals surface area contributed by atoms with Gasteiger partial charge in [-0.05, 0) is 37.3 Å². The molecule has 0 radical (unpaired) electrons. The Hall–Kier alpha value is -3.26. The highest BCUT2D eigenvalue weighted by Gasteiger charge is 2.23. The lowest BCUT2D eigenvalue weighted by Crippen LogP contribution is -2.13. The molecule has 6 nitrogen and oxygen atoms in total. The Balaban J connectivity index is 1.57. The third kappa shape index (κ3) is 3.58. The maximum Gasteiger partial charge on any atom is 0.331 e. The molecule has 0 aliphatic carbocycles. The molecule has 9 heteroatoms. The van der Waals surface area contributed by atoms with Gasteiger partial charge in [-0.15, -0.1) is 0 Å². The zero-order valence-corrected chi connectivity index (χ0v) is 15.9. The third-order valence-corrected chi connectivity index (χ3v) is 4.65. The van der Waals surface area contributed by atoms with Crippen molar-refractivity contribution in [1.29, 1.82) is 0 Å². The highest BCUT2D eigenvalue weighted by Crippen LogP contribution is 2.28. The third-order valence-electron chi connectivity index (χ3n) is 4.37. The van der Waals surface area contributed by atoms with Gasteiger partial charge in [-0.1, -0.05) is 29.8 Å². The minimum atomic E-state index is -2.81. The smallest absolute Gasteiger partial charge is 0.331 e. The van der Waals surface area contributed by atoms with Crippen LogP contribution in [0, 0.1) is 0 Å². The van der Waals surface area contributed by atoms with Gasteiger partial charge in [-0.25, -0.2) is 14.8 Å². The minimum Gasteiger partial charge on any atom is -0.451 e. The average Bonchev–Trinajstić information content (AvgIpc) is 3.23. The molecule has 29 heavy (non-hydrogen) atoms. The summed E-state index contributed by atoms with van der Waals surface area (Å²) in [7, 11) is 0. The summed E-state index contributed by atoms with van der Waals surface area (Å²) in [6.07, 6.45) is 3.42. The number of para-hydroxylation sites is 2. The van der Waals surface area contributed by atoms with E-state index in [1.807, 2.05) is 6.07 Å². The van der Waals surface area contributed by atoms with Crippen molar-refractivity contribution in [2.45, 2.75) is 19.6 Å². The van der Waals surface area contributed by atoms with Crippen LogP contribution in [0.4, 0.5) is 8.78 Å². The lowest BCUT2D eigenvalue weighted by atomic mass is 10.3. The van der Waals surface area contributed by atoms with Crippen LogP contribution in [0.15, 0.2) is 54.7 Å². The van der Waals surface area contributed by atoms with Gasteiger partial charge in [0.1, 0.15) is 5.65 Å². The largest absolute Gasteiger partial charge is 0.451 e. The Morgan fingerprint density at radius 3 is 2.72 bits per heavy atom. The van der Waals surface area contributed by atoms with Crippen LogP contribution in [0.5, 0.6) is 0 Å². The van der Waals surface area contributed by atoms with Crippen molar-refractivity contribution in [1.82, 2.24) is 18.9 Å². The summed E-state index contributed by atoms with van der Waals surface area (Å²) in [5, 5.41) is 0.229. The van der Waals surface area contributed by atoms with Crippen LogP contribution in [-0.2, 0) is 9.53 Å². The van der Waals surface area contributed by atoms with E-state index in [-0.39, 0.29) is 16.5 Å². The SMILES string of the molecule is CC(OC(=O)/C=C/c1c(Cl)nc2ccccn12)c1nc2ccccc2n1C(F)F. The summed E-state index contributed by atoms with van der Waals surface area (Å²) in [5.41, 5.74) is 1.81. The highest BCUT2D eigenvalue weighted by molar-refractivity contribution is 6.31. The number of nitrogens with zero attached hydrogens (tertiary/aromatic N) is 4. The van der Waals surface area contributed by atoms with Crippen LogP contribution in [-0.4, -0.2) is 24.9 Å². The average molecular weight is 417 g/mol. The lowest BCUT2D eigenvalue weighted by Gasteiger charge is -2.14. The number of pyridine rings is 1. The van der Waals surface area contributed by atoms with Gasteiger partial charge in [0.05, 0.1) is 16.7 Å². The van der Waals surface area contributed by atoms with Gasteiger partial charge >= 0.3 is 12.5 Å². The van der Waals surface area contributed by atoms with Gasteiger partial charge in [0.2, 0.25) is 0 Å². The number of benzene rings is 1. The number of imidazole rings is 2. The maximum atomic E-state index is 13.6. The second kappa shape index (κ2) is 7.63. The second-order valence-electron chi connectivity index (χ2n) is 6.24. The van der Waals surface area contributed by atoms with Gasteiger partial charge in [-0.3, -0.25) is 8.97 Å². The molecule has 3 aromatic heterocycles. The van der Waals surface area contributed by atoms with E-state index in [9.17, 15) is 13.6 Å². The van der Waals surface area contributed by atoms with Crippen molar-refractivity contribution in [3.05, 3.63) is 71.4 Å². The van der Waals surface area contributed by atoms with Gasteiger partial charge in [0, 0.05) is 12.3 Å². The molecule has 0 bridgehead atoms. The van der Waals surface area contributed by atoms with Crippen LogP contribution in [0.2, 0.25) is 5.15 Å². The molecule has 148 valence electrons. The normalized spacial score (nSPS) is 13.0. The molecule has 1 unspecified atom stereocenters. The number of carbonyl (C=O) groups is 1. The first kappa shape index (κ1) is 19.1. The van der Waals surface area contributed by atoms with E-state index in [2.05, 4.69) is 9.97 Å². The van der Waals surface area contributed by atoms with Crippen molar-refractivity contribution in [2.24, 2.45) is 0 Å². The summed E-state index contributed by atoms with van der Waals surface area (Å²) in [6, 6.07) is 11.9. The lowest BCUT2D eigenvalue weighted by molar-refractivity contribution is -0.143. The molecule has 0 fully saturated rings. The van der Waals surface area contributed by atoms with E-state index < -0.39 is 18.6 Å². The zero-order valence-electron chi connectivity index (χ0n) is 15.2. The van der Waals surface area contributed by atoms with Crippen molar-refractivity contribution in [2.75, 3.05) is 0 Å². The van der Waals surface area contributed by atoms with E-state index in [4.69, 9.17) is 16.3 Å². The molecule has 1 atom stereocenters. The molecule has 0 saturated carbocycles. The fourth-order valence-electron chi connectivity index (χ4n) is 3.10. The Kier molecular flexibility index (Phi) is 5.02. The van der Waals surface area contributed by atoms with Crippen molar-refractivity contribution in [3.63, 3.8) is 0 Å². The van der Waals surface area contributed by atoms with Crippen molar-refractivity contribution < 1.29 is 18.3 Å². The van der Waals surface area contributed by atoms with E-state index in [0.717, 1.165) is 4.57 Å². The molecule has 0 amide bonds. The Bertz CT molecular complexity index is 1230. The second-order valence-corrected chi connectivity index (χ2v) is 6.59. The Labute approximate surface area is 169 Å². The van der Waals surface area contributed by atoms with Crippen LogP contribution in [0.25, 0.3) is 22.8 Å². The van der Waals surface area contributed by atoms with Gasteiger partial charge in [-0.2, -0.15) is 8.78 Å². The van der Waals surface area contributed by atoms with Crippen LogP contribution in [0.3, 0.4) is 0 Å². The number of carbonyl (C=O) groups excluding carboxylic acids is 1. The number of hydrogen-bond donors (Lipinski definition) is 0. The first-order valence-corrected chi connectivity index (χ1v) is 9.10. The fraction of sp³-hybridized carbons (Fsp3) is 0.150. The van der Waals surface area contributed by atoms with Crippen molar-refractivity contribution >= 4 is 40.3 Å². The quantitative estimate of drug-likeness (QED) is 0.337. The van der Waals surface area contributed by atoms with E-state index in [1.165, 1.54) is 19.1 Å². The van der Waals surface area contributed by atoms with E-state index in [0.29, 0.717) is 16.9 Å². The Morgan fingerprint density at radius 2 is 1.93 bits per heavy atom. The maximum absolute atomic E-state index is 13.6. The van der Waals surface area contributed by atoms with Crippen molar-refractivity contribution in [3.8, 4) is 0 Å². The summed E-state index contributed by atoms with van der Waals surface area (Å²) in [6.45, 7) is -1.32. The molecular weight excluding hydrogens is 402 g/mol. The first-order chi connectivity index (χ1) is 14.0. The number of rotatable bonds is 5. The summed E-state index contributed by atoms with van der Waals surface area (Å²) >= 11 is 6.12. The number of aromatic nitrogens is 4. The van der Waals surface area contributed by atoms with Gasteiger partial charge < -0.3 is 4.74 Å². The standard InChI is InChI=1S/C20H15ClF2N4O2/c1-12(19-24-13-6-2-3-7-14(13)27(19)20(22)23)29-17(28)10-9-15-18(21)25-16-8-4-5-11-26(15)16/h2-12,20H,1H3/b10-9+. The number of alkyl halides is 2. The summed E-state index contributed by atoms with van der Waals surface area (Å²) < 4.78 is 34.9.